The van der Waals surface area contributed by atoms with Gasteiger partial charge < -0.3 is 5.73 Å². The zero-order valence-electron chi connectivity index (χ0n) is 6.10. The van der Waals surface area contributed by atoms with Crippen molar-refractivity contribution < 1.29 is 13.2 Å². The van der Waals surface area contributed by atoms with E-state index < -0.39 is 15.7 Å². The summed E-state index contributed by atoms with van der Waals surface area (Å²) in [5.74, 6) is -1.21. The Morgan fingerprint density at radius 2 is 2.17 bits per heavy atom. The molecule has 1 aromatic rings. The number of aromatic nitrogens is 3. The zero-order chi connectivity index (χ0) is 9.35. The van der Waals surface area contributed by atoms with Crippen LogP contribution in [-0.4, -0.2) is 35.8 Å². The minimum Gasteiger partial charge on any atom is -0.363 e. The maximum Gasteiger partial charge on any atom is 0.288 e. The molecular formula is C4H6N4O3S. The van der Waals surface area contributed by atoms with Crippen molar-refractivity contribution in [1.29, 1.82) is 0 Å². The molecule has 1 rings (SSSR count). The first kappa shape index (κ1) is 8.65. The van der Waals surface area contributed by atoms with Crippen molar-refractivity contribution in [2.45, 2.75) is 5.16 Å². The Morgan fingerprint density at radius 3 is 2.42 bits per heavy atom. The number of carbonyl (C=O) groups is 1. The predicted molar refractivity (Wildman–Crippen MR) is 38.0 cm³/mol. The fourth-order valence-corrected chi connectivity index (χ4v) is 0.987. The summed E-state index contributed by atoms with van der Waals surface area (Å²) in [7, 11) is -3.45. The van der Waals surface area contributed by atoms with Crippen LogP contribution in [0.5, 0.6) is 0 Å². The lowest BCUT2D eigenvalue weighted by Crippen LogP contribution is -2.13. The highest BCUT2D eigenvalue weighted by atomic mass is 32.2. The summed E-state index contributed by atoms with van der Waals surface area (Å²) < 4.78 is 21.6. The lowest BCUT2D eigenvalue weighted by Gasteiger charge is -1.85. The molecule has 3 N–H and O–H groups in total. The number of nitrogens with one attached hydrogen (secondary N) is 1. The van der Waals surface area contributed by atoms with Gasteiger partial charge in [0.2, 0.25) is 20.8 Å². The molecule has 7 nitrogen and oxygen atoms in total. The number of amides is 1. The average molecular weight is 190 g/mol. The van der Waals surface area contributed by atoms with Crippen molar-refractivity contribution in [3.8, 4) is 0 Å². The van der Waals surface area contributed by atoms with Gasteiger partial charge in [0, 0.05) is 6.26 Å². The van der Waals surface area contributed by atoms with Crippen molar-refractivity contribution in [3.63, 3.8) is 0 Å². The Labute approximate surface area is 67.9 Å². The van der Waals surface area contributed by atoms with Gasteiger partial charge in [0.1, 0.15) is 0 Å². The van der Waals surface area contributed by atoms with E-state index in [0.717, 1.165) is 6.26 Å². The van der Waals surface area contributed by atoms with Crippen LogP contribution in [0.15, 0.2) is 5.16 Å². The van der Waals surface area contributed by atoms with Crippen LogP contribution in [0.4, 0.5) is 0 Å². The molecule has 0 unspecified atom stereocenters. The van der Waals surface area contributed by atoms with E-state index >= 15 is 0 Å². The Kier molecular flexibility index (Phi) is 1.84. The Morgan fingerprint density at radius 1 is 1.58 bits per heavy atom. The van der Waals surface area contributed by atoms with Crippen LogP contribution in [0, 0.1) is 0 Å². The van der Waals surface area contributed by atoms with E-state index in [1.807, 2.05) is 0 Å². The highest BCUT2D eigenvalue weighted by molar-refractivity contribution is 7.90. The van der Waals surface area contributed by atoms with E-state index in [-0.39, 0.29) is 11.0 Å². The number of H-pyrrole nitrogens is 1. The molecule has 0 aromatic carbocycles. The van der Waals surface area contributed by atoms with Gasteiger partial charge >= 0.3 is 0 Å². The second kappa shape index (κ2) is 2.55. The summed E-state index contributed by atoms with van der Waals surface area (Å²) in [4.78, 5) is 13.8. The minimum atomic E-state index is -3.45. The van der Waals surface area contributed by atoms with Crippen molar-refractivity contribution in [3.05, 3.63) is 5.82 Å². The number of carbonyl (C=O) groups excluding carboxylic acids is 1. The molecule has 1 aromatic heterocycles. The number of sulfone groups is 1. The number of hydrogen-bond donors (Lipinski definition) is 2. The molecule has 0 saturated heterocycles. The van der Waals surface area contributed by atoms with Gasteiger partial charge in [-0.15, -0.1) is 5.10 Å². The minimum absolute atomic E-state index is 0.338. The number of hydrogen-bond acceptors (Lipinski definition) is 5. The lowest BCUT2D eigenvalue weighted by atomic mass is 10.6. The summed E-state index contributed by atoms with van der Waals surface area (Å²) in [6.45, 7) is 0. The average Bonchev–Trinajstić information content (AvgIpc) is 2.30. The Balaban J connectivity index is 3.17. The number of rotatable bonds is 2. The summed E-state index contributed by atoms with van der Waals surface area (Å²) in [5, 5.41) is 5.00. The second-order valence-corrected chi connectivity index (χ2v) is 4.03. The standard InChI is InChI=1S/C4H6N4O3S/c1-12(10,11)4-6-3(2(5)9)7-8-4/h1H3,(H2,5,9)(H,6,7,8). The molecule has 0 bridgehead atoms. The van der Waals surface area contributed by atoms with Crippen LogP contribution in [-0.2, 0) is 9.84 Å². The first-order valence-corrected chi connectivity index (χ1v) is 4.72. The van der Waals surface area contributed by atoms with Crippen LogP contribution >= 0.6 is 0 Å². The van der Waals surface area contributed by atoms with E-state index in [0.29, 0.717) is 0 Å². The maximum atomic E-state index is 10.8. The van der Waals surface area contributed by atoms with Crippen molar-refractivity contribution in [2.24, 2.45) is 5.73 Å². The van der Waals surface area contributed by atoms with Gasteiger partial charge in [-0.05, 0) is 0 Å². The first-order chi connectivity index (χ1) is 5.41. The van der Waals surface area contributed by atoms with E-state index in [4.69, 9.17) is 5.73 Å². The van der Waals surface area contributed by atoms with Gasteiger partial charge in [-0.3, -0.25) is 4.79 Å². The van der Waals surface area contributed by atoms with Crippen molar-refractivity contribution in [2.75, 3.05) is 6.26 Å². The SMILES string of the molecule is CS(=O)(=O)c1nc(C(N)=O)n[nH]1. The number of aromatic amines is 1. The van der Waals surface area contributed by atoms with E-state index in [2.05, 4.69) is 15.2 Å². The monoisotopic (exact) mass is 190 g/mol. The number of nitrogens with zero attached hydrogens (tertiary/aromatic N) is 2. The Hall–Kier alpha value is -1.44. The molecule has 1 amide bonds. The summed E-state index contributed by atoms with van der Waals surface area (Å²) in [6, 6.07) is 0. The van der Waals surface area contributed by atoms with E-state index in [1.165, 1.54) is 0 Å². The third-order valence-corrected chi connectivity index (χ3v) is 1.92. The highest BCUT2D eigenvalue weighted by Crippen LogP contribution is 1.99. The Bertz CT molecular complexity index is 406. The van der Waals surface area contributed by atoms with Crippen LogP contribution in [0.3, 0.4) is 0 Å². The molecule has 66 valence electrons. The van der Waals surface area contributed by atoms with Crippen LogP contribution in [0.25, 0.3) is 0 Å². The molecule has 0 saturated carbocycles. The van der Waals surface area contributed by atoms with Crippen LogP contribution < -0.4 is 5.73 Å². The van der Waals surface area contributed by atoms with Crippen LogP contribution in [0.1, 0.15) is 10.6 Å². The quantitative estimate of drug-likeness (QED) is 0.576. The van der Waals surface area contributed by atoms with Gasteiger partial charge in [-0.1, -0.05) is 0 Å². The molecule has 0 aliphatic rings. The zero-order valence-corrected chi connectivity index (χ0v) is 6.92. The molecular weight excluding hydrogens is 184 g/mol. The third-order valence-electron chi connectivity index (χ3n) is 1.04. The smallest absolute Gasteiger partial charge is 0.288 e. The van der Waals surface area contributed by atoms with E-state index in [9.17, 15) is 13.2 Å². The predicted octanol–water partition coefficient (Wildman–Crippen LogP) is -1.69. The largest absolute Gasteiger partial charge is 0.363 e. The molecule has 1 heterocycles. The van der Waals surface area contributed by atoms with E-state index in [1.54, 1.807) is 0 Å². The maximum absolute atomic E-state index is 10.8. The fourth-order valence-electron chi connectivity index (χ4n) is 0.523. The van der Waals surface area contributed by atoms with Crippen molar-refractivity contribution >= 4 is 15.7 Å². The molecule has 0 fully saturated rings. The van der Waals surface area contributed by atoms with Gasteiger partial charge in [-0.2, -0.15) is 4.98 Å². The molecule has 0 spiro atoms. The van der Waals surface area contributed by atoms with Crippen LogP contribution in [0.2, 0.25) is 0 Å². The number of primary amides is 1. The molecule has 8 heteroatoms. The molecule has 0 atom stereocenters. The summed E-state index contributed by atoms with van der Waals surface area (Å²) >= 11 is 0. The number of nitrogens with two attached hydrogens (primary N) is 1. The van der Waals surface area contributed by atoms with Gasteiger partial charge in [-0.25, -0.2) is 13.5 Å². The molecule has 0 aliphatic heterocycles. The van der Waals surface area contributed by atoms with Gasteiger partial charge in [0.05, 0.1) is 0 Å². The first-order valence-electron chi connectivity index (χ1n) is 2.83. The topological polar surface area (TPSA) is 119 Å². The fraction of sp³-hybridized carbons (Fsp3) is 0.250. The third kappa shape index (κ3) is 1.59. The molecule has 0 radical (unpaired) electrons. The second-order valence-electron chi connectivity index (χ2n) is 2.10. The van der Waals surface area contributed by atoms with Gasteiger partial charge in [0.15, 0.2) is 0 Å². The summed E-state index contributed by atoms with van der Waals surface area (Å²) in [6.07, 6.45) is 0.943. The molecule has 0 aliphatic carbocycles. The highest BCUT2D eigenvalue weighted by Gasteiger charge is 2.15. The summed E-state index contributed by atoms with van der Waals surface area (Å²) in [5.41, 5.74) is 4.79. The molecule has 12 heavy (non-hydrogen) atoms. The van der Waals surface area contributed by atoms with Gasteiger partial charge in [0.25, 0.3) is 5.91 Å². The lowest BCUT2D eigenvalue weighted by molar-refractivity contribution is 0.0990. The normalized spacial score (nSPS) is 11.4. The van der Waals surface area contributed by atoms with Crippen molar-refractivity contribution in [1.82, 2.24) is 15.2 Å².